The van der Waals surface area contributed by atoms with E-state index in [1.54, 1.807) is 12.0 Å². The SMILES string of the molecule is COC[C@@H]1C[C@@H](N=[N+]=[N-])CN1C(=O)OC(C)(C)C. The molecule has 102 valence electrons. The lowest BCUT2D eigenvalue weighted by Crippen LogP contribution is -2.41. The van der Waals surface area contributed by atoms with Crippen molar-refractivity contribution in [3.05, 3.63) is 10.4 Å². The molecular weight excluding hydrogens is 236 g/mol. The first-order chi connectivity index (χ1) is 8.37. The van der Waals surface area contributed by atoms with Crippen molar-refractivity contribution in [2.24, 2.45) is 5.11 Å². The number of likely N-dealkylation sites (tertiary alicyclic amines) is 1. The van der Waals surface area contributed by atoms with Crippen molar-refractivity contribution < 1.29 is 14.3 Å². The second-order valence-electron chi connectivity index (χ2n) is 5.34. The van der Waals surface area contributed by atoms with Gasteiger partial charge in [0.1, 0.15) is 5.60 Å². The molecule has 0 unspecified atom stereocenters. The molecule has 0 spiro atoms. The van der Waals surface area contributed by atoms with Crippen LogP contribution in [-0.2, 0) is 9.47 Å². The summed E-state index contributed by atoms with van der Waals surface area (Å²) in [6, 6.07) is -0.303. The van der Waals surface area contributed by atoms with Gasteiger partial charge in [0.05, 0.1) is 18.7 Å². The van der Waals surface area contributed by atoms with Crippen LogP contribution in [0.2, 0.25) is 0 Å². The van der Waals surface area contributed by atoms with Gasteiger partial charge < -0.3 is 14.4 Å². The van der Waals surface area contributed by atoms with Crippen LogP contribution in [0.3, 0.4) is 0 Å². The highest BCUT2D eigenvalue weighted by molar-refractivity contribution is 5.69. The number of nitrogens with zero attached hydrogens (tertiary/aromatic N) is 4. The largest absolute Gasteiger partial charge is 0.444 e. The molecule has 7 heteroatoms. The van der Waals surface area contributed by atoms with E-state index in [0.29, 0.717) is 19.6 Å². The van der Waals surface area contributed by atoms with E-state index in [2.05, 4.69) is 10.0 Å². The summed E-state index contributed by atoms with van der Waals surface area (Å²) in [7, 11) is 1.58. The van der Waals surface area contributed by atoms with Gasteiger partial charge in [-0.2, -0.15) is 0 Å². The van der Waals surface area contributed by atoms with Crippen LogP contribution in [-0.4, -0.2) is 48.9 Å². The van der Waals surface area contributed by atoms with Crippen molar-refractivity contribution >= 4 is 6.09 Å². The zero-order valence-corrected chi connectivity index (χ0v) is 11.3. The Bertz CT molecular complexity index is 347. The molecule has 7 nitrogen and oxygen atoms in total. The molecule has 1 heterocycles. The third-order valence-corrected chi connectivity index (χ3v) is 2.59. The van der Waals surface area contributed by atoms with E-state index in [9.17, 15) is 4.79 Å². The number of rotatable bonds is 3. The Morgan fingerprint density at radius 2 is 2.22 bits per heavy atom. The maximum Gasteiger partial charge on any atom is 0.410 e. The van der Waals surface area contributed by atoms with E-state index >= 15 is 0 Å². The van der Waals surface area contributed by atoms with E-state index in [0.717, 1.165) is 0 Å². The standard InChI is InChI=1S/C11H20N4O3/c1-11(2,3)18-10(16)15-6-8(13-14-12)5-9(15)7-17-4/h8-9H,5-7H2,1-4H3/t8-,9+/m1/s1. The maximum absolute atomic E-state index is 12.0. The van der Waals surface area contributed by atoms with Crippen molar-refractivity contribution in [1.82, 2.24) is 4.90 Å². The van der Waals surface area contributed by atoms with Crippen molar-refractivity contribution in [1.29, 1.82) is 0 Å². The maximum atomic E-state index is 12.0. The van der Waals surface area contributed by atoms with E-state index in [1.807, 2.05) is 20.8 Å². The van der Waals surface area contributed by atoms with E-state index in [4.69, 9.17) is 15.0 Å². The molecule has 2 atom stereocenters. The lowest BCUT2D eigenvalue weighted by atomic mass is 10.2. The minimum absolute atomic E-state index is 0.0969. The van der Waals surface area contributed by atoms with Crippen LogP contribution >= 0.6 is 0 Å². The van der Waals surface area contributed by atoms with Crippen LogP contribution in [0.25, 0.3) is 10.4 Å². The summed E-state index contributed by atoms with van der Waals surface area (Å²) in [6.07, 6.45) is 0.220. The number of carbonyl (C=O) groups excluding carboxylic acids is 1. The molecule has 0 aliphatic carbocycles. The predicted octanol–water partition coefficient (Wildman–Crippen LogP) is 2.32. The Morgan fingerprint density at radius 3 is 2.72 bits per heavy atom. The Labute approximate surface area is 107 Å². The third kappa shape index (κ3) is 4.09. The van der Waals surface area contributed by atoms with Crippen LogP contribution in [0, 0.1) is 0 Å². The molecule has 0 aromatic heterocycles. The fourth-order valence-corrected chi connectivity index (χ4v) is 1.94. The molecule has 0 aromatic carbocycles. The van der Waals surface area contributed by atoms with Gasteiger partial charge in [-0.15, -0.1) is 0 Å². The van der Waals surface area contributed by atoms with Crippen LogP contribution < -0.4 is 0 Å². The molecule has 18 heavy (non-hydrogen) atoms. The molecule has 0 saturated carbocycles. The van der Waals surface area contributed by atoms with E-state index in [1.165, 1.54) is 0 Å². The zero-order valence-electron chi connectivity index (χ0n) is 11.3. The Kier molecular flexibility index (Phi) is 4.81. The highest BCUT2D eigenvalue weighted by atomic mass is 16.6. The molecule has 0 radical (unpaired) electrons. The molecule has 1 fully saturated rings. The number of amides is 1. The van der Waals surface area contributed by atoms with Gasteiger partial charge in [-0.25, -0.2) is 4.79 Å². The van der Waals surface area contributed by atoms with Crippen molar-refractivity contribution in [2.45, 2.75) is 44.9 Å². The number of azide groups is 1. The molecule has 1 aliphatic rings. The zero-order chi connectivity index (χ0) is 13.8. The highest BCUT2D eigenvalue weighted by Crippen LogP contribution is 2.23. The van der Waals surface area contributed by atoms with Crippen LogP contribution in [0.5, 0.6) is 0 Å². The van der Waals surface area contributed by atoms with E-state index in [-0.39, 0.29) is 18.2 Å². The summed E-state index contributed by atoms with van der Waals surface area (Å²) in [4.78, 5) is 16.4. The summed E-state index contributed by atoms with van der Waals surface area (Å²) in [5.74, 6) is 0. The number of hydrogen-bond acceptors (Lipinski definition) is 4. The van der Waals surface area contributed by atoms with Crippen LogP contribution in [0.1, 0.15) is 27.2 Å². The fourth-order valence-electron chi connectivity index (χ4n) is 1.94. The minimum Gasteiger partial charge on any atom is -0.444 e. The van der Waals surface area contributed by atoms with Gasteiger partial charge in [0.25, 0.3) is 0 Å². The average Bonchev–Trinajstić information content (AvgIpc) is 2.60. The Hall–Kier alpha value is -1.46. The monoisotopic (exact) mass is 256 g/mol. The lowest BCUT2D eigenvalue weighted by Gasteiger charge is -2.28. The van der Waals surface area contributed by atoms with Gasteiger partial charge in [0.2, 0.25) is 0 Å². The highest BCUT2D eigenvalue weighted by Gasteiger charge is 2.37. The van der Waals surface area contributed by atoms with Crippen LogP contribution in [0.15, 0.2) is 5.11 Å². The van der Waals surface area contributed by atoms with E-state index < -0.39 is 5.60 Å². The van der Waals surface area contributed by atoms with Gasteiger partial charge in [-0.05, 0) is 32.7 Å². The Morgan fingerprint density at radius 1 is 1.56 bits per heavy atom. The van der Waals surface area contributed by atoms with Crippen molar-refractivity contribution in [3.63, 3.8) is 0 Å². The first-order valence-corrected chi connectivity index (χ1v) is 5.90. The summed E-state index contributed by atoms with van der Waals surface area (Å²) < 4.78 is 10.4. The summed E-state index contributed by atoms with van der Waals surface area (Å²) in [5, 5.41) is 3.66. The summed E-state index contributed by atoms with van der Waals surface area (Å²) in [5.41, 5.74) is 7.91. The van der Waals surface area contributed by atoms with Crippen molar-refractivity contribution in [3.8, 4) is 0 Å². The van der Waals surface area contributed by atoms with Crippen molar-refractivity contribution in [2.75, 3.05) is 20.3 Å². The van der Waals surface area contributed by atoms with Gasteiger partial charge in [0, 0.05) is 18.6 Å². The topological polar surface area (TPSA) is 87.5 Å². The molecular formula is C11H20N4O3. The quantitative estimate of drug-likeness (QED) is 0.441. The molecule has 0 bridgehead atoms. The first kappa shape index (κ1) is 14.6. The number of methoxy groups -OCH3 is 1. The summed E-state index contributed by atoms with van der Waals surface area (Å²) in [6.45, 7) is 6.25. The molecule has 0 N–H and O–H groups in total. The smallest absolute Gasteiger partial charge is 0.410 e. The van der Waals surface area contributed by atoms with Gasteiger partial charge in [-0.3, -0.25) is 0 Å². The minimum atomic E-state index is -0.536. The first-order valence-electron chi connectivity index (χ1n) is 5.90. The second-order valence-corrected chi connectivity index (χ2v) is 5.34. The van der Waals surface area contributed by atoms with Gasteiger partial charge in [-0.1, -0.05) is 5.11 Å². The molecule has 1 saturated heterocycles. The van der Waals surface area contributed by atoms with Gasteiger partial charge in [0.15, 0.2) is 0 Å². The molecule has 0 aromatic rings. The molecule has 1 aliphatic heterocycles. The molecule has 1 amide bonds. The number of hydrogen-bond donors (Lipinski definition) is 0. The lowest BCUT2D eigenvalue weighted by molar-refractivity contribution is 0.0147. The number of carbonyl (C=O) groups is 1. The summed E-state index contributed by atoms with van der Waals surface area (Å²) >= 11 is 0. The predicted molar refractivity (Wildman–Crippen MR) is 66.2 cm³/mol. The second kappa shape index (κ2) is 5.93. The Balaban J connectivity index is 2.71. The normalized spacial score (nSPS) is 23.7. The van der Waals surface area contributed by atoms with Gasteiger partial charge >= 0.3 is 6.09 Å². The van der Waals surface area contributed by atoms with Crippen LogP contribution in [0.4, 0.5) is 4.79 Å². The third-order valence-electron chi connectivity index (χ3n) is 2.59. The number of ether oxygens (including phenoxy) is 2. The average molecular weight is 256 g/mol. The molecule has 1 rings (SSSR count). The fraction of sp³-hybridized carbons (Fsp3) is 0.909.